The van der Waals surface area contributed by atoms with Crippen LogP contribution in [-0.2, 0) is 0 Å². The average molecular weight is 231 g/mol. The third kappa shape index (κ3) is 1.90. The number of rotatable bonds is 0. The molecule has 2 atom stereocenters. The summed E-state index contributed by atoms with van der Waals surface area (Å²) in [6.07, 6.45) is 3.98. The van der Waals surface area contributed by atoms with Gasteiger partial charge in [0.15, 0.2) is 0 Å². The molecule has 3 rings (SSSR count). The van der Waals surface area contributed by atoms with E-state index in [1.807, 2.05) is 0 Å². The molecule has 92 valence electrons. The third-order valence-corrected chi connectivity index (χ3v) is 4.17. The first-order chi connectivity index (χ1) is 8.05. The van der Waals surface area contributed by atoms with Gasteiger partial charge in [-0.2, -0.15) is 0 Å². The number of hydrogen-bond donors (Lipinski definition) is 1. The van der Waals surface area contributed by atoms with Crippen molar-refractivity contribution in [1.82, 2.24) is 0 Å². The Morgan fingerprint density at radius 1 is 1.35 bits per heavy atom. The fourth-order valence-corrected chi connectivity index (χ4v) is 3.12. The summed E-state index contributed by atoms with van der Waals surface area (Å²) < 4.78 is 6.15. The second-order valence-electron chi connectivity index (χ2n) is 6.26. The number of ether oxygens (including phenoxy) is 1. The molecular weight excluding hydrogens is 210 g/mol. The van der Waals surface area contributed by atoms with Gasteiger partial charge in [-0.1, -0.05) is 26.0 Å². The minimum atomic E-state index is 0.359. The summed E-state index contributed by atoms with van der Waals surface area (Å²) >= 11 is 0. The van der Waals surface area contributed by atoms with Crippen molar-refractivity contribution >= 4 is 5.69 Å². The normalized spacial score (nSPS) is 29.6. The van der Waals surface area contributed by atoms with Gasteiger partial charge >= 0.3 is 0 Å². The van der Waals surface area contributed by atoms with Crippen LogP contribution in [0.4, 0.5) is 5.69 Å². The van der Waals surface area contributed by atoms with Crippen LogP contribution >= 0.6 is 0 Å². The van der Waals surface area contributed by atoms with Gasteiger partial charge in [0.2, 0.25) is 0 Å². The highest BCUT2D eigenvalue weighted by atomic mass is 16.5. The van der Waals surface area contributed by atoms with Crippen molar-refractivity contribution < 1.29 is 4.74 Å². The van der Waals surface area contributed by atoms with Gasteiger partial charge in [-0.15, -0.1) is 0 Å². The Hall–Kier alpha value is -1.18. The maximum absolute atomic E-state index is 6.15. The zero-order chi connectivity index (χ0) is 12.0. The largest absolute Gasteiger partial charge is 0.486 e. The lowest BCUT2D eigenvalue weighted by Gasteiger charge is -2.44. The van der Waals surface area contributed by atoms with E-state index in [4.69, 9.17) is 4.74 Å². The van der Waals surface area contributed by atoms with Gasteiger partial charge in [-0.3, -0.25) is 0 Å². The summed E-state index contributed by atoms with van der Waals surface area (Å²) in [7, 11) is 0. The van der Waals surface area contributed by atoms with E-state index in [0.717, 1.165) is 12.2 Å². The van der Waals surface area contributed by atoms with Crippen LogP contribution in [-0.4, -0.2) is 12.1 Å². The van der Waals surface area contributed by atoms with E-state index in [1.165, 1.54) is 24.1 Å². The summed E-state index contributed by atoms with van der Waals surface area (Å²) in [6, 6.07) is 6.77. The van der Waals surface area contributed by atoms with E-state index in [-0.39, 0.29) is 0 Å². The predicted octanol–water partition coefficient (Wildman–Crippen LogP) is 3.75. The summed E-state index contributed by atoms with van der Waals surface area (Å²) in [5.41, 5.74) is 2.92. The minimum absolute atomic E-state index is 0.359. The van der Waals surface area contributed by atoms with Crippen LogP contribution in [0.1, 0.15) is 38.7 Å². The first-order valence-corrected chi connectivity index (χ1v) is 6.58. The first kappa shape index (κ1) is 10.9. The zero-order valence-electron chi connectivity index (χ0n) is 10.9. The molecule has 0 amide bonds. The molecule has 0 saturated heterocycles. The van der Waals surface area contributed by atoms with Gasteiger partial charge in [0.25, 0.3) is 0 Å². The molecule has 0 radical (unpaired) electrons. The summed E-state index contributed by atoms with van der Waals surface area (Å²) in [5, 5.41) is 3.70. The van der Waals surface area contributed by atoms with Gasteiger partial charge in [0.05, 0.1) is 11.7 Å². The topological polar surface area (TPSA) is 21.3 Å². The summed E-state index contributed by atoms with van der Waals surface area (Å²) in [5.74, 6) is 1.03. The highest BCUT2D eigenvalue weighted by Crippen LogP contribution is 2.43. The lowest BCUT2D eigenvalue weighted by Crippen LogP contribution is -2.48. The van der Waals surface area contributed by atoms with E-state index >= 15 is 0 Å². The number of aryl methyl sites for hydroxylation is 1. The molecule has 2 heteroatoms. The average Bonchev–Trinajstić information content (AvgIpc) is 2.27. The molecule has 0 spiro atoms. The van der Waals surface area contributed by atoms with E-state index in [1.54, 1.807) is 0 Å². The molecule has 1 saturated carbocycles. The van der Waals surface area contributed by atoms with Crippen LogP contribution in [0.15, 0.2) is 18.2 Å². The fraction of sp³-hybridized carbons (Fsp3) is 0.600. The highest BCUT2D eigenvalue weighted by molar-refractivity contribution is 5.63. The van der Waals surface area contributed by atoms with Crippen molar-refractivity contribution in [2.45, 2.75) is 52.2 Å². The lowest BCUT2D eigenvalue weighted by atomic mass is 9.73. The quantitative estimate of drug-likeness (QED) is 0.734. The minimum Gasteiger partial charge on any atom is -0.486 e. The van der Waals surface area contributed by atoms with E-state index in [9.17, 15) is 0 Å². The Morgan fingerprint density at radius 3 is 3.00 bits per heavy atom. The molecule has 1 aromatic carbocycles. The number of benzene rings is 1. The van der Waals surface area contributed by atoms with Crippen LogP contribution in [0, 0.1) is 12.3 Å². The van der Waals surface area contributed by atoms with Crippen molar-refractivity contribution in [3.63, 3.8) is 0 Å². The van der Waals surface area contributed by atoms with Crippen molar-refractivity contribution in [2.24, 2.45) is 5.41 Å². The zero-order valence-corrected chi connectivity index (χ0v) is 10.9. The second-order valence-corrected chi connectivity index (χ2v) is 6.26. The van der Waals surface area contributed by atoms with Gasteiger partial charge in [-0.05, 0) is 43.2 Å². The molecule has 1 heterocycles. The molecule has 0 aromatic heterocycles. The molecule has 2 unspecified atom stereocenters. The molecule has 1 N–H and O–H groups in total. The van der Waals surface area contributed by atoms with Crippen LogP contribution < -0.4 is 10.1 Å². The molecule has 1 fully saturated rings. The molecule has 1 aliphatic carbocycles. The number of para-hydroxylation sites is 1. The molecule has 2 aliphatic rings. The molecule has 2 nitrogen and oxygen atoms in total. The van der Waals surface area contributed by atoms with E-state index in [2.05, 4.69) is 44.3 Å². The molecule has 1 aliphatic heterocycles. The number of anilines is 1. The van der Waals surface area contributed by atoms with Gasteiger partial charge in [0, 0.05) is 0 Å². The summed E-state index contributed by atoms with van der Waals surface area (Å²) in [6.45, 7) is 6.86. The van der Waals surface area contributed by atoms with Gasteiger partial charge in [-0.25, -0.2) is 0 Å². The van der Waals surface area contributed by atoms with E-state index in [0.29, 0.717) is 17.6 Å². The number of nitrogens with one attached hydrogen (secondary N) is 1. The highest BCUT2D eigenvalue weighted by Gasteiger charge is 2.39. The monoisotopic (exact) mass is 231 g/mol. The fourth-order valence-electron chi connectivity index (χ4n) is 3.12. The van der Waals surface area contributed by atoms with Crippen LogP contribution in [0.2, 0.25) is 0 Å². The lowest BCUT2D eigenvalue weighted by molar-refractivity contribution is 0.0776. The number of fused-ring (bicyclic) bond motifs is 2. The second kappa shape index (κ2) is 3.66. The van der Waals surface area contributed by atoms with Crippen LogP contribution in [0.5, 0.6) is 5.75 Å². The van der Waals surface area contributed by atoms with Gasteiger partial charge in [0.1, 0.15) is 11.9 Å². The van der Waals surface area contributed by atoms with Crippen molar-refractivity contribution in [3.8, 4) is 5.75 Å². The molecule has 1 aromatic rings. The van der Waals surface area contributed by atoms with E-state index < -0.39 is 0 Å². The smallest absolute Gasteiger partial charge is 0.143 e. The first-order valence-electron chi connectivity index (χ1n) is 6.58. The van der Waals surface area contributed by atoms with Crippen molar-refractivity contribution in [3.05, 3.63) is 23.8 Å². The van der Waals surface area contributed by atoms with Crippen molar-refractivity contribution in [2.75, 3.05) is 5.32 Å². The van der Waals surface area contributed by atoms with Crippen LogP contribution in [0.25, 0.3) is 0 Å². The Kier molecular flexibility index (Phi) is 2.35. The Balaban J connectivity index is 1.91. The van der Waals surface area contributed by atoms with Crippen molar-refractivity contribution in [1.29, 1.82) is 0 Å². The maximum Gasteiger partial charge on any atom is 0.143 e. The van der Waals surface area contributed by atoms with Gasteiger partial charge < -0.3 is 10.1 Å². The van der Waals surface area contributed by atoms with Crippen LogP contribution in [0.3, 0.4) is 0 Å². The third-order valence-electron chi connectivity index (χ3n) is 4.17. The Morgan fingerprint density at radius 2 is 2.18 bits per heavy atom. The standard InChI is InChI=1S/C15H21NO/c1-10-5-4-6-13-14(10)16-11-9-15(2,3)8-7-12(11)17-13/h4-6,11-12,16H,7-9H2,1-3H3. The molecular formula is C15H21NO. The Bertz CT molecular complexity index is 439. The molecule has 0 bridgehead atoms. The summed E-state index contributed by atoms with van der Waals surface area (Å²) in [4.78, 5) is 0. The Labute approximate surface area is 103 Å². The SMILES string of the molecule is Cc1cccc2c1NC1CC(C)(C)CCC1O2. The predicted molar refractivity (Wildman–Crippen MR) is 70.6 cm³/mol. The maximum atomic E-state index is 6.15. The molecule has 17 heavy (non-hydrogen) atoms. The number of hydrogen-bond acceptors (Lipinski definition) is 2.